The number of nitrogens with two attached hydrogens (primary N) is 1. The molecule has 0 spiro atoms. The Bertz CT molecular complexity index is 1570. The number of hydrogen-bond acceptors (Lipinski definition) is 10. The molecule has 2 aliphatic rings. The van der Waals surface area contributed by atoms with Gasteiger partial charge in [-0.05, 0) is 138 Å². The Labute approximate surface area is 375 Å². The zero-order chi connectivity index (χ0) is 46.8. The fourth-order valence-corrected chi connectivity index (χ4v) is 7.77. The zero-order valence-corrected chi connectivity index (χ0v) is 39.0. The van der Waals surface area contributed by atoms with Crippen LogP contribution in [0.3, 0.4) is 0 Å². The summed E-state index contributed by atoms with van der Waals surface area (Å²) in [5, 5.41) is 9.28. The van der Waals surface area contributed by atoms with Crippen molar-refractivity contribution >= 4 is 24.0 Å². The SMILES string of the molecule is CNCCC[C@H](N)C(=O)N1CCC[C@H]1CN(C)CCc1ccccc1.CNCCC[C@H](NC(=O)[C@H](C)N(C)C)C(=O)N1CCC[C@H]1CN(C)CCc1ccccc1.O=CC(F)(F)F. The monoisotopic (exact) mass is 890 g/mol. The third-order valence-electron chi connectivity index (χ3n) is 11.7. The van der Waals surface area contributed by atoms with Crippen LogP contribution in [0.25, 0.3) is 0 Å². The molecule has 0 radical (unpaired) electrons. The Morgan fingerprint density at radius 2 is 1.19 bits per heavy atom. The van der Waals surface area contributed by atoms with Crippen molar-refractivity contribution in [1.82, 2.24) is 40.4 Å². The third kappa shape index (κ3) is 22.0. The van der Waals surface area contributed by atoms with Crippen LogP contribution in [0.1, 0.15) is 69.4 Å². The summed E-state index contributed by atoms with van der Waals surface area (Å²) in [6.45, 7) is 9.01. The Morgan fingerprint density at radius 1 is 0.762 bits per heavy atom. The number of carbonyl (C=O) groups is 4. The van der Waals surface area contributed by atoms with Gasteiger partial charge in [0.05, 0.1) is 12.1 Å². The molecule has 0 bridgehead atoms. The van der Waals surface area contributed by atoms with E-state index in [1.807, 2.05) is 55.9 Å². The normalized spacial score (nSPS) is 17.7. The molecule has 2 aromatic rings. The van der Waals surface area contributed by atoms with E-state index in [2.05, 4.69) is 94.4 Å². The highest BCUT2D eigenvalue weighted by molar-refractivity contribution is 5.90. The van der Waals surface area contributed by atoms with Gasteiger partial charge in [0.1, 0.15) is 6.04 Å². The van der Waals surface area contributed by atoms with Crippen molar-refractivity contribution in [3.63, 3.8) is 0 Å². The number of hydrogen-bond donors (Lipinski definition) is 4. The van der Waals surface area contributed by atoms with E-state index in [1.165, 1.54) is 11.1 Å². The van der Waals surface area contributed by atoms with Gasteiger partial charge in [-0.25, -0.2) is 0 Å². The highest BCUT2D eigenvalue weighted by atomic mass is 19.4. The zero-order valence-electron chi connectivity index (χ0n) is 39.0. The number of carbonyl (C=O) groups excluding carboxylic acids is 4. The van der Waals surface area contributed by atoms with Crippen LogP contribution < -0.4 is 21.7 Å². The minimum Gasteiger partial charge on any atom is -0.343 e. The second-order valence-corrected chi connectivity index (χ2v) is 17.1. The number of nitrogens with one attached hydrogen (secondary N) is 3. The van der Waals surface area contributed by atoms with Crippen molar-refractivity contribution in [1.29, 1.82) is 0 Å². The molecular weight excluding hydrogens is 812 g/mol. The van der Waals surface area contributed by atoms with Crippen LogP contribution in [0.4, 0.5) is 13.2 Å². The van der Waals surface area contributed by atoms with Crippen LogP contribution in [0.2, 0.25) is 0 Å². The van der Waals surface area contributed by atoms with Crippen LogP contribution in [0.5, 0.6) is 0 Å². The molecule has 13 nitrogen and oxygen atoms in total. The third-order valence-corrected chi connectivity index (χ3v) is 11.7. The number of likely N-dealkylation sites (N-methyl/N-ethyl adjacent to an activating group) is 3. The van der Waals surface area contributed by atoms with Crippen LogP contribution in [-0.2, 0) is 32.0 Å². The van der Waals surface area contributed by atoms with Gasteiger partial charge in [0.25, 0.3) is 0 Å². The predicted molar refractivity (Wildman–Crippen MR) is 246 cm³/mol. The van der Waals surface area contributed by atoms with E-state index in [9.17, 15) is 27.6 Å². The lowest BCUT2D eigenvalue weighted by molar-refractivity contribution is -0.156. The van der Waals surface area contributed by atoms with Crippen molar-refractivity contribution in [3.05, 3.63) is 71.8 Å². The van der Waals surface area contributed by atoms with Gasteiger partial charge in [-0.15, -0.1) is 0 Å². The average molecular weight is 890 g/mol. The topological polar surface area (TPSA) is 147 Å². The van der Waals surface area contributed by atoms with Gasteiger partial charge in [-0.1, -0.05) is 60.7 Å². The fraction of sp³-hybridized carbons (Fsp3) is 0.660. The summed E-state index contributed by atoms with van der Waals surface area (Å²) in [6.07, 6.45) is 3.76. The molecule has 3 amide bonds. The quantitative estimate of drug-likeness (QED) is 0.0961. The first kappa shape index (κ1) is 55.2. The summed E-state index contributed by atoms with van der Waals surface area (Å²) in [6, 6.07) is 20.5. The van der Waals surface area contributed by atoms with E-state index < -0.39 is 18.5 Å². The lowest BCUT2D eigenvalue weighted by atomic mass is 10.1. The molecule has 5 atom stereocenters. The molecule has 0 unspecified atom stereocenters. The fourth-order valence-electron chi connectivity index (χ4n) is 7.77. The number of halogens is 3. The molecule has 0 aliphatic carbocycles. The molecule has 4 rings (SSSR count). The van der Waals surface area contributed by atoms with E-state index in [0.29, 0.717) is 12.5 Å². The molecule has 5 N–H and O–H groups in total. The molecule has 2 heterocycles. The largest absolute Gasteiger partial charge is 0.446 e. The Hall–Kier alpha value is -3.93. The minimum absolute atomic E-state index is 0.0689. The molecular formula is C47H78F3N9O4. The minimum atomic E-state index is -4.64. The standard InChI is InChI=1S/C25H43N5O2.C20H34N4O.C2HF3O/c1-20(28(3)4)24(31)27-23(14-9-16-26-2)25(32)30-17-10-13-22(30)19-29(5)18-15-21-11-7-6-8-12-21;1-22-13-6-11-19(21)20(25)24-14-7-10-18(24)16-23(2)15-12-17-8-4-3-5-9-17;3-2(4,5)1-6/h6-8,11-12,20,22-23,26H,9-10,13-19H2,1-5H3,(H,27,31);3-5,8-9,18-19,22H,6-7,10-16,21H2,1-2H3;1H/t20-,22-,23-;18-,19-;/m00./s1. The maximum Gasteiger partial charge on any atom is 0.446 e. The van der Waals surface area contributed by atoms with Gasteiger partial charge in [-0.2, -0.15) is 13.2 Å². The van der Waals surface area contributed by atoms with Gasteiger partial charge in [0, 0.05) is 51.4 Å². The number of benzene rings is 2. The number of amides is 3. The van der Waals surface area contributed by atoms with Gasteiger partial charge in [-0.3, -0.25) is 24.1 Å². The molecule has 356 valence electrons. The van der Waals surface area contributed by atoms with Crippen LogP contribution in [0.15, 0.2) is 60.7 Å². The average Bonchev–Trinajstić information content (AvgIpc) is 3.94. The van der Waals surface area contributed by atoms with Crippen LogP contribution in [0, 0.1) is 0 Å². The second-order valence-electron chi connectivity index (χ2n) is 17.1. The number of rotatable bonds is 23. The van der Waals surface area contributed by atoms with Gasteiger partial charge in [0.2, 0.25) is 24.0 Å². The summed E-state index contributed by atoms with van der Waals surface area (Å²) >= 11 is 0. The molecule has 16 heteroatoms. The van der Waals surface area contributed by atoms with Crippen LogP contribution >= 0.6 is 0 Å². The smallest absolute Gasteiger partial charge is 0.343 e. The summed E-state index contributed by atoms with van der Waals surface area (Å²) in [5.74, 6) is 0.114. The van der Waals surface area contributed by atoms with Gasteiger partial charge < -0.3 is 41.3 Å². The van der Waals surface area contributed by atoms with Gasteiger partial charge in [0.15, 0.2) is 0 Å². The van der Waals surface area contributed by atoms with E-state index in [4.69, 9.17) is 10.5 Å². The molecule has 2 aliphatic heterocycles. The van der Waals surface area contributed by atoms with E-state index in [1.54, 1.807) is 0 Å². The lowest BCUT2D eigenvalue weighted by Gasteiger charge is -2.32. The summed E-state index contributed by atoms with van der Waals surface area (Å²) < 4.78 is 31.2. The first-order chi connectivity index (χ1) is 30.0. The number of alkyl halides is 3. The van der Waals surface area contributed by atoms with Crippen molar-refractivity contribution in [2.24, 2.45) is 5.73 Å². The number of likely N-dealkylation sites (tertiary alicyclic amines) is 2. The Kier molecular flexibility index (Phi) is 26.5. The van der Waals surface area contributed by atoms with E-state index in [-0.39, 0.29) is 35.8 Å². The molecule has 63 heavy (non-hydrogen) atoms. The molecule has 0 aromatic heterocycles. The second kappa shape index (κ2) is 30.3. The van der Waals surface area contributed by atoms with Crippen molar-refractivity contribution in [2.75, 3.05) is 94.6 Å². The highest BCUT2D eigenvalue weighted by Crippen LogP contribution is 2.22. The molecule has 2 fully saturated rings. The van der Waals surface area contributed by atoms with E-state index >= 15 is 0 Å². The maximum atomic E-state index is 13.5. The van der Waals surface area contributed by atoms with Crippen molar-refractivity contribution in [3.8, 4) is 0 Å². The van der Waals surface area contributed by atoms with Crippen molar-refractivity contribution < 1.29 is 32.3 Å². The summed E-state index contributed by atoms with van der Waals surface area (Å²) in [5.41, 5.74) is 8.83. The Morgan fingerprint density at radius 3 is 1.60 bits per heavy atom. The molecule has 2 aromatic carbocycles. The van der Waals surface area contributed by atoms with Crippen molar-refractivity contribution in [2.45, 2.75) is 108 Å². The Balaban J connectivity index is 0.000000392. The van der Waals surface area contributed by atoms with Crippen LogP contribution in [-0.4, -0.2) is 180 Å². The number of aldehydes is 1. The summed E-state index contributed by atoms with van der Waals surface area (Å²) in [4.78, 5) is 58.1. The molecule has 2 saturated heterocycles. The highest BCUT2D eigenvalue weighted by Gasteiger charge is 2.35. The lowest BCUT2D eigenvalue weighted by Crippen LogP contribution is -2.54. The predicted octanol–water partition coefficient (Wildman–Crippen LogP) is 3.81. The molecule has 0 saturated carbocycles. The van der Waals surface area contributed by atoms with Gasteiger partial charge >= 0.3 is 6.18 Å². The maximum absolute atomic E-state index is 13.5. The first-order valence-electron chi connectivity index (χ1n) is 22.6. The first-order valence-corrected chi connectivity index (χ1v) is 22.6. The van der Waals surface area contributed by atoms with E-state index in [0.717, 1.165) is 110 Å². The summed E-state index contributed by atoms with van der Waals surface area (Å²) in [7, 11) is 11.9. The number of nitrogens with zero attached hydrogens (tertiary/aromatic N) is 5.